The molecule has 1 saturated heterocycles. The van der Waals surface area contributed by atoms with Crippen molar-refractivity contribution in [3.63, 3.8) is 0 Å². The highest BCUT2D eigenvalue weighted by molar-refractivity contribution is 7.53. The van der Waals surface area contributed by atoms with Crippen LogP contribution in [0.1, 0.15) is 24.8 Å². The summed E-state index contributed by atoms with van der Waals surface area (Å²) in [4.78, 5) is 22.0. The van der Waals surface area contributed by atoms with E-state index in [4.69, 9.17) is 0 Å². The van der Waals surface area contributed by atoms with Gasteiger partial charge in [-0.15, -0.1) is 12.4 Å². The molecule has 2 aromatic carbocycles. The van der Waals surface area contributed by atoms with E-state index in [-0.39, 0.29) is 18.8 Å². The van der Waals surface area contributed by atoms with Crippen LogP contribution in [-0.4, -0.2) is 16.3 Å². The predicted molar refractivity (Wildman–Crippen MR) is 95.0 cm³/mol. The third-order valence-electron chi connectivity index (χ3n) is 4.53. The maximum Gasteiger partial charge on any atom is 0.355 e. The van der Waals surface area contributed by atoms with Gasteiger partial charge in [-0.3, -0.25) is 4.57 Å². The molecule has 1 fully saturated rings. The highest BCUT2D eigenvalue weighted by Gasteiger charge is 2.54. The van der Waals surface area contributed by atoms with Gasteiger partial charge in [0.05, 0.1) is 0 Å². The average Bonchev–Trinajstić information content (AvgIpc) is 2.55. The molecule has 8 heteroatoms. The Balaban J connectivity index is 0.00000225. The van der Waals surface area contributed by atoms with Crippen LogP contribution in [0.3, 0.4) is 0 Å². The highest BCUT2D eigenvalue weighted by atomic mass is 35.5. The van der Waals surface area contributed by atoms with Gasteiger partial charge in [-0.1, -0.05) is 12.1 Å². The molecule has 0 amide bonds. The van der Waals surface area contributed by atoms with Crippen LogP contribution in [0.4, 0.5) is 14.5 Å². The van der Waals surface area contributed by atoms with Crippen LogP contribution in [-0.2, 0) is 9.85 Å². The fourth-order valence-electron chi connectivity index (χ4n) is 3.41. The van der Waals surface area contributed by atoms with Gasteiger partial charge in [-0.25, -0.2) is 8.78 Å². The standard InChI is InChI=1S/C17H18F2NO3P.ClH/c18-14-5-3-13(4-6-14)17(24(21,22)23)11-1-2-12-20(17)16-9-7-15(19)8-10-16;/h3-10H,1-2,11-12H2,(H2,21,22,23);1H. The lowest BCUT2D eigenvalue weighted by Crippen LogP contribution is -2.49. The van der Waals surface area contributed by atoms with Gasteiger partial charge in [0.1, 0.15) is 11.6 Å². The summed E-state index contributed by atoms with van der Waals surface area (Å²) in [5, 5.41) is -1.57. The molecule has 0 radical (unpaired) electrons. The number of hydrogen-bond acceptors (Lipinski definition) is 2. The number of benzene rings is 2. The van der Waals surface area contributed by atoms with E-state index in [1.165, 1.54) is 48.5 Å². The first-order valence-electron chi connectivity index (χ1n) is 7.69. The molecule has 2 aromatic rings. The molecule has 25 heavy (non-hydrogen) atoms. The van der Waals surface area contributed by atoms with E-state index in [2.05, 4.69) is 0 Å². The van der Waals surface area contributed by atoms with Gasteiger partial charge in [0.25, 0.3) is 0 Å². The van der Waals surface area contributed by atoms with Crippen LogP contribution in [0.5, 0.6) is 0 Å². The first-order valence-corrected chi connectivity index (χ1v) is 9.31. The molecule has 0 aliphatic carbocycles. The van der Waals surface area contributed by atoms with Gasteiger partial charge < -0.3 is 14.7 Å². The topological polar surface area (TPSA) is 60.8 Å². The summed E-state index contributed by atoms with van der Waals surface area (Å²) in [6.07, 6.45) is 1.64. The zero-order valence-electron chi connectivity index (χ0n) is 13.3. The minimum Gasteiger partial charge on any atom is -0.351 e. The number of piperidine rings is 1. The van der Waals surface area contributed by atoms with Crippen molar-refractivity contribution in [1.82, 2.24) is 0 Å². The highest BCUT2D eigenvalue weighted by Crippen LogP contribution is 2.63. The van der Waals surface area contributed by atoms with E-state index in [0.717, 1.165) is 6.42 Å². The molecule has 1 heterocycles. The van der Waals surface area contributed by atoms with Gasteiger partial charge in [0.15, 0.2) is 5.28 Å². The summed E-state index contributed by atoms with van der Waals surface area (Å²) in [5.74, 6) is -0.886. The van der Waals surface area contributed by atoms with E-state index in [1.54, 1.807) is 4.90 Å². The van der Waals surface area contributed by atoms with Crippen LogP contribution >= 0.6 is 20.0 Å². The van der Waals surface area contributed by atoms with E-state index in [0.29, 0.717) is 24.2 Å². The van der Waals surface area contributed by atoms with Gasteiger partial charge >= 0.3 is 7.60 Å². The van der Waals surface area contributed by atoms with Crippen molar-refractivity contribution in [3.8, 4) is 0 Å². The predicted octanol–water partition coefficient (Wildman–Crippen LogP) is 4.41. The van der Waals surface area contributed by atoms with Crippen molar-refractivity contribution in [3.05, 3.63) is 65.7 Å². The maximum absolute atomic E-state index is 13.3. The lowest BCUT2D eigenvalue weighted by Gasteiger charge is -2.48. The number of rotatable bonds is 3. The fraction of sp³-hybridized carbons (Fsp3) is 0.294. The molecule has 1 atom stereocenters. The number of nitrogens with zero attached hydrogens (tertiary/aromatic N) is 1. The lowest BCUT2D eigenvalue weighted by atomic mass is 9.93. The smallest absolute Gasteiger partial charge is 0.351 e. The fourth-order valence-corrected chi connectivity index (χ4v) is 4.88. The zero-order chi connectivity index (χ0) is 17.4. The van der Waals surface area contributed by atoms with E-state index in [9.17, 15) is 23.1 Å². The Morgan fingerprint density at radius 1 is 0.920 bits per heavy atom. The van der Waals surface area contributed by atoms with E-state index >= 15 is 0 Å². The Morgan fingerprint density at radius 3 is 1.96 bits per heavy atom. The van der Waals surface area contributed by atoms with Crippen LogP contribution in [0.15, 0.2) is 48.5 Å². The molecule has 3 rings (SSSR count). The summed E-state index contributed by atoms with van der Waals surface area (Å²) in [5.41, 5.74) is 0.894. The number of anilines is 1. The zero-order valence-corrected chi connectivity index (χ0v) is 15.0. The molecular formula is C17H19ClF2NO3P. The Bertz CT molecular complexity index is 766. The third kappa shape index (κ3) is 3.58. The Labute approximate surface area is 151 Å². The summed E-state index contributed by atoms with van der Waals surface area (Å²) >= 11 is 0. The van der Waals surface area contributed by atoms with Crippen molar-refractivity contribution in [1.29, 1.82) is 0 Å². The van der Waals surface area contributed by atoms with Crippen molar-refractivity contribution in [2.24, 2.45) is 0 Å². The molecule has 136 valence electrons. The quantitative estimate of drug-likeness (QED) is 0.763. The second-order valence-corrected chi connectivity index (χ2v) is 7.78. The van der Waals surface area contributed by atoms with Crippen molar-refractivity contribution in [2.45, 2.75) is 24.5 Å². The third-order valence-corrected chi connectivity index (χ3v) is 6.22. The Hall–Kier alpha value is -1.46. The van der Waals surface area contributed by atoms with Gasteiger partial charge in [-0.05, 0) is 61.2 Å². The van der Waals surface area contributed by atoms with E-state index in [1.807, 2.05) is 0 Å². The van der Waals surface area contributed by atoms with Crippen LogP contribution < -0.4 is 4.90 Å². The molecule has 0 aromatic heterocycles. The summed E-state index contributed by atoms with van der Waals surface area (Å²) in [7, 11) is -4.63. The molecule has 1 unspecified atom stereocenters. The molecule has 1 aliphatic rings. The van der Waals surface area contributed by atoms with Gasteiger partial charge in [0.2, 0.25) is 0 Å². The van der Waals surface area contributed by atoms with E-state index < -0.39 is 24.5 Å². The second-order valence-electron chi connectivity index (χ2n) is 5.95. The van der Waals surface area contributed by atoms with Gasteiger partial charge in [0, 0.05) is 12.2 Å². The lowest BCUT2D eigenvalue weighted by molar-refractivity contribution is 0.290. The number of hydrogen-bond donors (Lipinski definition) is 2. The SMILES string of the molecule is Cl.O=P(O)(O)C1(c2ccc(F)cc2)CCCCN1c1ccc(F)cc1. The molecule has 4 nitrogen and oxygen atoms in total. The summed E-state index contributed by atoms with van der Waals surface area (Å²) < 4.78 is 39.1. The van der Waals surface area contributed by atoms with Crippen LogP contribution in [0, 0.1) is 11.6 Å². The maximum atomic E-state index is 13.3. The average molecular weight is 390 g/mol. The second kappa shape index (κ2) is 7.42. The largest absolute Gasteiger partial charge is 0.355 e. The molecule has 2 N–H and O–H groups in total. The summed E-state index contributed by atoms with van der Waals surface area (Å²) in [6, 6.07) is 10.8. The molecular weight excluding hydrogens is 371 g/mol. The first-order chi connectivity index (χ1) is 11.3. The minimum absolute atomic E-state index is 0. The van der Waals surface area contributed by atoms with Crippen LogP contribution in [0.2, 0.25) is 0 Å². The molecule has 0 saturated carbocycles. The van der Waals surface area contributed by atoms with Crippen LogP contribution in [0.25, 0.3) is 0 Å². The minimum atomic E-state index is -4.63. The first kappa shape index (κ1) is 19.9. The Morgan fingerprint density at radius 2 is 1.44 bits per heavy atom. The monoisotopic (exact) mass is 389 g/mol. The normalized spacial score (nSPS) is 20.9. The van der Waals surface area contributed by atoms with Crippen molar-refractivity contribution in [2.75, 3.05) is 11.4 Å². The van der Waals surface area contributed by atoms with Crippen molar-refractivity contribution < 1.29 is 23.1 Å². The molecule has 1 aliphatic heterocycles. The molecule has 0 spiro atoms. The summed E-state index contributed by atoms with van der Waals surface area (Å²) in [6.45, 7) is 0.425. The van der Waals surface area contributed by atoms with Crippen molar-refractivity contribution >= 4 is 25.7 Å². The number of halogens is 3. The van der Waals surface area contributed by atoms with Gasteiger partial charge in [-0.2, -0.15) is 0 Å². The Kier molecular flexibility index (Phi) is 5.89. The molecule has 0 bridgehead atoms.